The smallest absolute Gasteiger partial charge is 0.240 e. The summed E-state index contributed by atoms with van der Waals surface area (Å²) < 4.78 is 26.9. The third-order valence-electron chi connectivity index (χ3n) is 2.72. The minimum absolute atomic E-state index is 0.0542. The summed E-state index contributed by atoms with van der Waals surface area (Å²) in [6.07, 6.45) is 0.763. The van der Waals surface area contributed by atoms with E-state index >= 15 is 0 Å². The molecule has 0 fully saturated rings. The second-order valence-corrected chi connectivity index (χ2v) is 6.17. The summed E-state index contributed by atoms with van der Waals surface area (Å²) in [6, 6.07) is 6.27. The molecule has 0 amide bonds. The average Bonchev–Trinajstić information content (AvgIpc) is 2.25. The van der Waals surface area contributed by atoms with Gasteiger partial charge in [0.2, 0.25) is 10.0 Å². The lowest BCUT2D eigenvalue weighted by Crippen LogP contribution is -2.37. The lowest BCUT2D eigenvalue weighted by molar-refractivity contribution is 0.437. The number of hydrogen-bond acceptors (Lipinski definition) is 3. The minimum atomic E-state index is -3.47. The van der Waals surface area contributed by atoms with Gasteiger partial charge in [0, 0.05) is 11.7 Å². The Hall–Kier alpha value is -1.07. The first-order chi connectivity index (χ1) is 7.86. The summed E-state index contributed by atoms with van der Waals surface area (Å²) >= 11 is 0. The van der Waals surface area contributed by atoms with E-state index in [0.717, 1.165) is 6.42 Å². The van der Waals surface area contributed by atoms with Crippen molar-refractivity contribution in [3.8, 4) is 0 Å². The molecule has 0 radical (unpaired) electrons. The van der Waals surface area contributed by atoms with Gasteiger partial charge in [-0.3, -0.25) is 0 Å². The highest BCUT2D eigenvalue weighted by molar-refractivity contribution is 7.89. The monoisotopic (exact) mass is 256 g/mol. The molecule has 1 unspecified atom stereocenters. The maximum Gasteiger partial charge on any atom is 0.240 e. The number of anilines is 1. The topological polar surface area (TPSA) is 72.2 Å². The second kappa shape index (κ2) is 5.51. The van der Waals surface area contributed by atoms with Gasteiger partial charge in [-0.05, 0) is 30.5 Å². The Morgan fingerprint density at radius 2 is 2.00 bits per heavy atom. The van der Waals surface area contributed by atoms with Gasteiger partial charge in [-0.15, -0.1) is 0 Å². The lowest BCUT2D eigenvalue weighted by atomic mass is 10.0. The van der Waals surface area contributed by atoms with Crippen LogP contribution in [0.15, 0.2) is 29.2 Å². The van der Waals surface area contributed by atoms with E-state index in [1.807, 2.05) is 20.8 Å². The SMILES string of the molecule is CCC(NS(=O)(=O)c1cccc(N)c1)C(C)C. The Morgan fingerprint density at radius 1 is 1.35 bits per heavy atom. The number of benzene rings is 1. The number of nitrogen functional groups attached to an aromatic ring is 1. The highest BCUT2D eigenvalue weighted by Gasteiger charge is 2.21. The van der Waals surface area contributed by atoms with Gasteiger partial charge in [-0.2, -0.15) is 0 Å². The predicted molar refractivity (Wildman–Crippen MR) is 70.1 cm³/mol. The van der Waals surface area contributed by atoms with Crippen LogP contribution in [0.1, 0.15) is 27.2 Å². The fraction of sp³-hybridized carbons (Fsp3) is 0.500. The van der Waals surface area contributed by atoms with E-state index in [1.165, 1.54) is 6.07 Å². The zero-order valence-electron chi connectivity index (χ0n) is 10.5. The number of hydrogen-bond donors (Lipinski definition) is 2. The summed E-state index contributed by atoms with van der Waals surface area (Å²) in [5, 5.41) is 0. The van der Waals surface area contributed by atoms with Crippen molar-refractivity contribution in [1.29, 1.82) is 0 Å². The van der Waals surface area contributed by atoms with Crippen molar-refractivity contribution in [2.75, 3.05) is 5.73 Å². The molecule has 17 heavy (non-hydrogen) atoms. The molecule has 1 aromatic carbocycles. The molecule has 0 bridgehead atoms. The molecule has 0 aliphatic heterocycles. The largest absolute Gasteiger partial charge is 0.399 e. The molecule has 0 saturated heterocycles. The first-order valence-electron chi connectivity index (χ1n) is 5.74. The minimum Gasteiger partial charge on any atom is -0.399 e. The highest BCUT2D eigenvalue weighted by atomic mass is 32.2. The van der Waals surface area contributed by atoms with Gasteiger partial charge < -0.3 is 5.73 Å². The van der Waals surface area contributed by atoms with Crippen molar-refractivity contribution >= 4 is 15.7 Å². The highest BCUT2D eigenvalue weighted by Crippen LogP contribution is 2.15. The zero-order valence-corrected chi connectivity index (χ0v) is 11.3. The van der Waals surface area contributed by atoms with Crippen molar-refractivity contribution in [2.45, 2.75) is 38.1 Å². The first-order valence-corrected chi connectivity index (χ1v) is 7.23. The number of nitrogens with one attached hydrogen (secondary N) is 1. The van der Waals surface area contributed by atoms with Crippen LogP contribution < -0.4 is 10.5 Å². The summed E-state index contributed by atoms with van der Waals surface area (Å²) in [6.45, 7) is 5.96. The van der Waals surface area contributed by atoms with E-state index < -0.39 is 10.0 Å². The summed E-state index contributed by atoms with van der Waals surface area (Å²) in [5.41, 5.74) is 6.04. The summed E-state index contributed by atoms with van der Waals surface area (Å²) in [7, 11) is -3.47. The van der Waals surface area contributed by atoms with Crippen molar-refractivity contribution in [2.24, 2.45) is 5.92 Å². The Labute approximate surface area is 103 Å². The van der Waals surface area contributed by atoms with Gasteiger partial charge in [-0.25, -0.2) is 13.1 Å². The zero-order chi connectivity index (χ0) is 13.1. The average molecular weight is 256 g/mol. The molecule has 4 nitrogen and oxygen atoms in total. The van der Waals surface area contributed by atoms with E-state index in [-0.39, 0.29) is 16.9 Å². The first kappa shape index (κ1) is 14.0. The van der Waals surface area contributed by atoms with Crippen LogP contribution in [0.25, 0.3) is 0 Å². The van der Waals surface area contributed by atoms with Crippen LogP contribution >= 0.6 is 0 Å². The fourth-order valence-corrected chi connectivity index (χ4v) is 3.16. The van der Waals surface area contributed by atoms with Crippen molar-refractivity contribution in [3.63, 3.8) is 0 Å². The van der Waals surface area contributed by atoms with E-state index in [0.29, 0.717) is 5.69 Å². The second-order valence-electron chi connectivity index (χ2n) is 4.45. The molecule has 96 valence electrons. The summed E-state index contributed by atoms with van der Waals surface area (Å²) in [5.74, 6) is 0.260. The van der Waals surface area contributed by atoms with Gasteiger partial charge in [0.1, 0.15) is 0 Å². The van der Waals surface area contributed by atoms with Crippen LogP contribution in [0.4, 0.5) is 5.69 Å². The fourth-order valence-electron chi connectivity index (χ4n) is 1.64. The molecule has 5 heteroatoms. The van der Waals surface area contributed by atoms with Crippen LogP contribution in [0, 0.1) is 5.92 Å². The van der Waals surface area contributed by atoms with Gasteiger partial charge in [0.15, 0.2) is 0 Å². The molecule has 0 heterocycles. The van der Waals surface area contributed by atoms with Gasteiger partial charge in [0.25, 0.3) is 0 Å². The van der Waals surface area contributed by atoms with Gasteiger partial charge in [0.05, 0.1) is 4.90 Å². The van der Waals surface area contributed by atoms with Crippen LogP contribution in [0.2, 0.25) is 0 Å². The van der Waals surface area contributed by atoms with Crippen molar-refractivity contribution in [3.05, 3.63) is 24.3 Å². The van der Waals surface area contributed by atoms with E-state index in [2.05, 4.69) is 4.72 Å². The van der Waals surface area contributed by atoms with Gasteiger partial charge in [-0.1, -0.05) is 26.8 Å². The van der Waals surface area contributed by atoms with Crippen LogP contribution in [0.5, 0.6) is 0 Å². The molecule has 1 aromatic rings. The normalized spacial score (nSPS) is 13.9. The standard InChI is InChI=1S/C12H20N2O2S/c1-4-12(9(2)3)14-17(15,16)11-7-5-6-10(13)8-11/h5-9,12,14H,4,13H2,1-3H3. The number of nitrogens with two attached hydrogens (primary N) is 1. The molecule has 3 N–H and O–H groups in total. The maximum atomic E-state index is 12.1. The van der Waals surface area contributed by atoms with Crippen LogP contribution in [0.3, 0.4) is 0 Å². The Morgan fingerprint density at radius 3 is 2.47 bits per heavy atom. The molecular weight excluding hydrogens is 236 g/mol. The van der Waals surface area contributed by atoms with E-state index in [1.54, 1.807) is 18.2 Å². The molecular formula is C12H20N2O2S. The number of rotatable bonds is 5. The molecule has 0 saturated carbocycles. The Balaban J connectivity index is 2.96. The molecule has 0 spiro atoms. The van der Waals surface area contributed by atoms with Gasteiger partial charge >= 0.3 is 0 Å². The van der Waals surface area contributed by atoms with E-state index in [9.17, 15) is 8.42 Å². The van der Waals surface area contributed by atoms with Crippen molar-refractivity contribution < 1.29 is 8.42 Å². The van der Waals surface area contributed by atoms with Crippen molar-refractivity contribution in [1.82, 2.24) is 4.72 Å². The molecule has 1 atom stereocenters. The molecule has 0 aromatic heterocycles. The van der Waals surface area contributed by atoms with E-state index in [4.69, 9.17) is 5.73 Å². The molecule has 0 aliphatic rings. The maximum absolute atomic E-state index is 12.1. The molecule has 1 rings (SSSR count). The number of sulfonamides is 1. The van der Waals surface area contributed by atoms with Crippen LogP contribution in [-0.2, 0) is 10.0 Å². The third kappa shape index (κ3) is 3.71. The Kier molecular flexibility index (Phi) is 4.54. The van der Waals surface area contributed by atoms with Crippen LogP contribution in [-0.4, -0.2) is 14.5 Å². The predicted octanol–water partition coefficient (Wildman–Crippen LogP) is 1.98. The molecule has 0 aliphatic carbocycles. The lowest BCUT2D eigenvalue weighted by Gasteiger charge is -2.20. The quantitative estimate of drug-likeness (QED) is 0.791. The third-order valence-corrected chi connectivity index (χ3v) is 4.21. The Bertz CT molecular complexity index is 469. The summed E-state index contributed by atoms with van der Waals surface area (Å²) in [4.78, 5) is 0.219.